The number of rotatable bonds is 3. The average Bonchev–Trinajstić information content (AvgIpc) is 2.46. The van der Waals surface area contributed by atoms with Crippen molar-refractivity contribution in [3.8, 4) is 5.75 Å². The molecule has 0 aromatic carbocycles. The van der Waals surface area contributed by atoms with Crippen LogP contribution in [0.15, 0.2) is 12.4 Å². The molecule has 7 nitrogen and oxygen atoms in total. The molecule has 0 atom stereocenters. The standard InChI is InChI=1S/C10H18N2O2.BH3O3/c1-9(2,13)10(3,4)14-8-6-11-12(5)7-8;2-1(3)4/h6-7,13H,1-5H3;2-4H. The largest absolute Gasteiger partial charge is 0.631 e. The van der Waals surface area contributed by atoms with Gasteiger partial charge in [-0.3, -0.25) is 4.68 Å². The highest BCUT2D eigenvalue weighted by atomic mass is 16.5. The monoisotopic (exact) mass is 260 g/mol. The molecule has 1 aromatic heterocycles. The van der Waals surface area contributed by atoms with Crippen LogP contribution in [0.25, 0.3) is 0 Å². The fraction of sp³-hybridized carbons (Fsp3) is 0.700. The molecule has 8 heteroatoms. The molecule has 1 aromatic rings. The summed E-state index contributed by atoms with van der Waals surface area (Å²) in [4.78, 5) is 0. The first-order chi connectivity index (χ1) is 7.95. The zero-order chi connectivity index (χ0) is 14.6. The molecule has 0 spiro atoms. The van der Waals surface area contributed by atoms with Gasteiger partial charge in [0, 0.05) is 7.05 Å². The van der Waals surface area contributed by atoms with Crippen molar-refractivity contribution >= 4 is 7.32 Å². The van der Waals surface area contributed by atoms with Gasteiger partial charge in [-0.1, -0.05) is 0 Å². The molecule has 0 bridgehead atoms. The van der Waals surface area contributed by atoms with Gasteiger partial charge in [0.05, 0.1) is 18.0 Å². The number of aliphatic hydroxyl groups is 1. The summed E-state index contributed by atoms with van der Waals surface area (Å²) >= 11 is 0. The summed E-state index contributed by atoms with van der Waals surface area (Å²) in [6.07, 6.45) is 3.40. The van der Waals surface area contributed by atoms with Gasteiger partial charge in [-0.15, -0.1) is 0 Å². The number of hydrogen-bond acceptors (Lipinski definition) is 6. The Balaban J connectivity index is 0.000000631. The van der Waals surface area contributed by atoms with E-state index in [0.717, 1.165) is 0 Å². The lowest BCUT2D eigenvalue weighted by molar-refractivity contribution is -0.0906. The van der Waals surface area contributed by atoms with Crippen LogP contribution in [0.5, 0.6) is 5.75 Å². The van der Waals surface area contributed by atoms with Crippen LogP contribution in [0.3, 0.4) is 0 Å². The molecule has 18 heavy (non-hydrogen) atoms. The summed E-state index contributed by atoms with van der Waals surface area (Å²) < 4.78 is 7.32. The van der Waals surface area contributed by atoms with Crippen molar-refractivity contribution in [3.05, 3.63) is 12.4 Å². The van der Waals surface area contributed by atoms with Crippen LogP contribution in [0.4, 0.5) is 0 Å². The molecule has 104 valence electrons. The summed E-state index contributed by atoms with van der Waals surface area (Å²) in [5.41, 5.74) is -1.54. The molecule has 0 aliphatic heterocycles. The van der Waals surface area contributed by atoms with E-state index in [2.05, 4.69) is 5.10 Å². The third kappa shape index (κ3) is 6.01. The molecular weight excluding hydrogens is 239 g/mol. The van der Waals surface area contributed by atoms with Gasteiger partial charge in [-0.2, -0.15) is 5.10 Å². The van der Waals surface area contributed by atoms with Gasteiger partial charge < -0.3 is 24.9 Å². The van der Waals surface area contributed by atoms with Crippen LogP contribution >= 0.6 is 0 Å². The summed E-state index contributed by atoms with van der Waals surface area (Å²) in [6.45, 7) is 7.15. The topological polar surface area (TPSA) is 108 Å². The van der Waals surface area contributed by atoms with Crippen molar-refractivity contribution in [2.75, 3.05) is 0 Å². The van der Waals surface area contributed by atoms with E-state index < -0.39 is 18.5 Å². The van der Waals surface area contributed by atoms with Crippen LogP contribution in [0, 0.1) is 0 Å². The lowest BCUT2D eigenvalue weighted by Crippen LogP contribution is -2.49. The predicted octanol–water partition coefficient (Wildman–Crippen LogP) is -0.703. The van der Waals surface area contributed by atoms with E-state index in [0.29, 0.717) is 5.75 Å². The molecule has 0 saturated carbocycles. The maximum absolute atomic E-state index is 9.86. The molecule has 1 rings (SSSR count). The number of hydrogen-bond donors (Lipinski definition) is 4. The van der Waals surface area contributed by atoms with Crippen molar-refractivity contribution in [3.63, 3.8) is 0 Å². The molecule has 4 N–H and O–H groups in total. The first kappa shape index (κ1) is 16.9. The molecule has 0 saturated heterocycles. The molecular formula is C10H21BN2O5. The molecule has 0 radical (unpaired) electrons. The smallest absolute Gasteiger partial charge is 0.482 e. The highest BCUT2D eigenvalue weighted by molar-refractivity contribution is 6.30. The Kier molecular flexibility index (Phi) is 5.82. The number of aryl methyl sites for hydroxylation is 1. The zero-order valence-corrected chi connectivity index (χ0v) is 11.3. The quantitative estimate of drug-likeness (QED) is 0.535. The fourth-order valence-corrected chi connectivity index (χ4v) is 0.871. The van der Waals surface area contributed by atoms with E-state index in [1.165, 1.54) is 0 Å². The highest BCUT2D eigenvalue weighted by Gasteiger charge is 2.37. The van der Waals surface area contributed by atoms with Gasteiger partial charge in [0.2, 0.25) is 0 Å². The van der Waals surface area contributed by atoms with Crippen LogP contribution in [-0.4, -0.2) is 48.5 Å². The molecule has 1 heterocycles. The first-order valence-corrected chi connectivity index (χ1v) is 5.40. The second-order valence-corrected chi connectivity index (χ2v) is 4.87. The zero-order valence-electron chi connectivity index (χ0n) is 11.3. The summed E-state index contributed by atoms with van der Waals surface area (Å²) in [7, 11) is -0.343. The first-order valence-electron chi connectivity index (χ1n) is 5.40. The van der Waals surface area contributed by atoms with E-state index in [1.807, 2.05) is 20.9 Å². The van der Waals surface area contributed by atoms with Crippen molar-refractivity contribution in [2.24, 2.45) is 7.05 Å². The van der Waals surface area contributed by atoms with E-state index in [-0.39, 0.29) is 0 Å². The van der Waals surface area contributed by atoms with Crippen LogP contribution in [0.2, 0.25) is 0 Å². The van der Waals surface area contributed by atoms with Gasteiger partial charge in [-0.05, 0) is 27.7 Å². The maximum atomic E-state index is 9.86. The molecule has 0 aliphatic carbocycles. The van der Waals surface area contributed by atoms with Gasteiger partial charge in [0.1, 0.15) is 5.60 Å². The Morgan fingerprint density at radius 3 is 1.94 bits per heavy atom. The van der Waals surface area contributed by atoms with Crippen molar-refractivity contribution in [2.45, 2.75) is 38.9 Å². The van der Waals surface area contributed by atoms with Gasteiger partial charge in [0.15, 0.2) is 5.75 Å². The van der Waals surface area contributed by atoms with Crippen molar-refractivity contribution < 1.29 is 24.9 Å². The molecule has 0 fully saturated rings. The number of ether oxygens (including phenoxy) is 1. The SMILES string of the molecule is Cn1cc(OC(C)(C)C(C)(C)O)cn1.OB(O)O. The number of aromatic nitrogens is 2. The van der Waals surface area contributed by atoms with E-state index in [1.54, 1.807) is 30.9 Å². The van der Waals surface area contributed by atoms with Crippen LogP contribution in [0.1, 0.15) is 27.7 Å². The Hall–Kier alpha value is -1.09. The van der Waals surface area contributed by atoms with Gasteiger partial charge >= 0.3 is 7.32 Å². The molecule has 0 unspecified atom stereocenters. The minimum absolute atomic E-state index is 0.643. The summed E-state index contributed by atoms with van der Waals surface area (Å²) in [5, 5.41) is 35.4. The van der Waals surface area contributed by atoms with Crippen molar-refractivity contribution in [1.82, 2.24) is 9.78 Å². The highest BCUT2D eigenvalue weighted by Crippen LogP contribution is 2.27. The Morgan fingerprint density at radius 1 is 1.22 bits per heavy atom. The third-order valence-electron chi connectivity index (χ3n) is 2.53. The van der Waals surface area contributed by atoms with E-state index in [4.69, 9.17) is 19.8 Å². The lowest BCUT2D eigenvalue weighted by Gasteiger charge is -2.36. The average molecular weight is 260 g/mol. The maximum Gasteiger partial charge on any atom is 0.631 e. The normalized spacial score (nSPS) is 11.6. The summed E-state index contributed by atoms with van der Waals surface area (Å²) in [5.74, 6) is 0.666. The minimum atomic E-state index is -2.17. The Labute approximate surface area is 107 Å². The minimum Gasteiger partial charge on any atom is -0.482 e. The second kappa shape index (κ2) is 6.19. The lowest BCUT2D eigenvalue weighted by atomic mass is 9.89. The van der Waals surface area contributed by atoms with E-state index >= 15 is 0 Å². The third-order valence-corrected chi connectivity index (χ3v) is 2.53. The summed E-state index contributed by atoms with van der Waals surface area (Å²) in [6, 6.07) is 0. The fourth-order valence-electron chi connectivity index (χ4n) is 0.871. The van der Waals surface area contributed by atoms with E-state index in [9.17, 15) is 5.11 Å². The predicted molar refractivity (Wildman–Crippen MR) is 66.6 cm³/mol. The molecule has 0 amide bonds. The molecule has 0 aliphatic rings. The second-order valence-electron chi connectivity index (χ2n) is 4.87. The van der Waals surface area contributed by atoms with Crippen LogP contribution < -0.4 is 4.74 Å². The van der Waals surface area contributed by atoms with Crippen LogP contribution in [-0.2, 0) is 7.05 Å². The Morgan fingerprint density at radius 2 is 1.67 bits per heavy atom. The van der Waals surface area contributed by atoms with Gasteiger partial charge in [-0.25, -0.2) is 0 Å². The Bertz CT molecular complexity index is 357. The van der Waals surface area contributed by atoms with Gasteiger partial charge in [0.25, 0.3) is 0 Å². The van der Waals surface area contributed by atoms with Crippen molar-refractivity contribution in [1.29, 1.82) is 0 Å². The number of nitrogens with zero attached hydrogens (tertiary/aromatic N) is 2.